The molecule has 0 amide bonds. The van der Waals surface area contributed by atoms with E-state index in [0.29, 0.717) is 28.5 Å². The average Bonchev–Trinajstić information content (AvgIpc) is 2.43. The van der Waals surface area contributed by atoms with Crippen LogP contribution in [0.2, 0.25) is 5.02 Å². The van der Waals surface area contributed by atoms with E-state index < -0.39 is 5.82 Å². The Balaban J connectivity index is 2.32. The summed E-state index contributed by atoms with van der Waals surface area (Å²) in [6.45, 7) is 2.48. The van der Waals surface area contributed by atoms with Gasteiger partial charge in [0.25, 0.3) is 0 Å². The predicted octanol–water partition coefficient (Wildman–Crippen LogP) is 4.15. The van der Waals surface area contributed by atoms with Crippen molar-refractivity contribution in [2.45, 2.75) is 13.3 Å². The number of hydrogen-bond donors (Lipinski definition) is 2. The van der Waals surface area contributed by atoms with Gasteiger partial charge in [0, 0.05) is 4.47 Å². The van der Waals surface area contributed by atoms with Gasteiger partial charge in [-0.3, -0.25) is 0 Å². The average molecular weight is 376 g/mol. The highest BCUT2D eigenvalue weighted by molar-refractivity contribution is 9.10. The van der Waals surface area contributed by atoms with E-state index >= 15 is 0 Å². The Kier molecular flexibility index (Phi) is 5.19. The molecule has 5 nitrogen and oxygen atoms in total. The molecular formula is C13H13BrClFN4O. The Morgan fingerprint density at radius 2 is 2.19 bits per heavy atom. The van der Waals surface area contributed by atoms with E-state index in [1.807, 2.05) is 6.92 Å². The predicted molar refractivity (Wildman–Crippen MR) is 84.6 cm³/mol. The molecule has 3 N–H and O–H groups in total. The summed E-state index contributed by atoms with van der Waals surface area (Å²) in [7, 11) is 0. The fourth-order valence-electron chi connectivity index (χ4n) is 1.57. The lowest BCUT2D eigenvalue weighted by atomic mass is 10.3. The number of halogens is 3. The lowest BCUT2D eigenvalue weighted by Crippen LogP contribution is -2.06. The first-order valence-corrected chi connectivity index (χ1v) is 7.34. The van der Waals surface area contributed by atoms with Crippen LogP contribution in [0.15, 0.2) is 22.9 Å². The molecule has 2 aromatic rings. The van der Waals surface area contributed by atoms with Gasteiger partial charge in [-0.25, -0.2) is 9.37 Å². The Morgan fingerprint density at radius 1 is 1.43 bits per heavy atom. The highest BCUT2D eigenvalue weighted by Crippen LogP contribution is 2.36. The van der Waals surface area contributed by atoms with Gasteiger partial charge in [0.15, 0.2) is 5.82 Å². The molecule has 0 aliphatic heterocycles. The standard InChI is InChI=1S/C13H13BrClFN4O/c1-2-3-21-13-10(17)12(18-6-19-13)20-11-8(14)4-7(16)5-9(11)15/h4-6H,2-3,17H2,1H3,(H,18,19,20). The number of nitrogens with zero attached hydrogens (tertiary/aromatic N) is 2. The van der Waals surface area contributed by atoms with Gasteiger partial charge < -0.3 is 15.8 Å². The molecule has 0 bridgehead atoms. The smallest absolute Gasteiger partial charge is 0.242 e. The third-order valence-electron chi connectivity index (χ3n) is 2.54. The lowest BCUT2D eigenvalue weighted by Gasteiger charge is -2.13. The molecule has 0 unspecified atom stereocenters. The molecule has 0 spiro atoms. The van der Waals surface area contributed by atoms with E-state index in [1.165, 1.54) is 18.5 Å². The van der Waals surface area contributed by atoms with E-state index in [-0.39, 0.29) is 10.7 Å². The number of rotatable bonds is 5. The maximum absolute atomic E-state index is 13.2. The molecule has 2 rings (SSSR count). The SMILES string of the molecule is CCCOc1ncnc(Nc2c(Cl)cc(F)cc2Br)c1N. The molecule has 8 heteroatoms. The number of ether oxygens (including phenoxy) is 1. The summed E-state index contributed by atoms with van der Waals surface area (Å²) in [5.41, 5.74) is 6.68. The molecule has 21 heavy (non-hydrogen) atoms. The molecule has 0 atom stereocenters. The largest absolute Gasteiger partial charge is 0.476 e. The van der Waals surface area contributed by atoms with Crippen LogP contribution in [0.1, 0.15) is 13.3 Å². The number of nitrogen functional groups attached to an aromatic ring is 1. The first-order chi connectivity index (χ1) is 10.0. The molecule has 1 aromatic heterocycles. The fourth-order valence-corrected chi connectivity index (χ4v) is 2.47. The van der Waals surface area contributed by atoms with Crippen molar-refractivity contribution in [1.29, 1.82) is 0 Å². The van der Waals surface area contributed by atoms with Gasteiger partial charge in [0.1, 0.15) is 17.8 Å². The Labute approximate surface area is 134 Å². The van der Waals surface area contributed by atoms with Gasteiger partial charge >= 0.3 is 0 Å². The molecule has 0 aliphatic rings. The van der Waals surface area contributed by atoms with Crippen LogP contribution in [0, 0.1) is 5.82 Å². The molecule has 0 fully saturated rings. The minimum Gasteiger partial charge on any atom is -0.476 e. The van der Waals surface area contributed by atoms with Crippen LogP contribution in [-0.2, 0) is 0 Å². The topological polar surface area (TPSA) is 73.1 Å². The van der Waals surface area contributed by atoms with Crippen molar-refractivity contribution >= 4 is 44.7 Å². The Hall–Kier alpha value is -1.60. The highest BCUT2D eigenvalue weighted by Gasteiger charge is 2.13. The van der Waals surface area contributed by atoms with Gasteiger partial charge in [-0.2, -0.15) is 4.98 Å². The van der Waals surface area contributed by atoms with E-state index in [2.05, 4.69) is 31.2 Å². The summed E-state index contributed by atoms with van der Waals surface area (Å²) in [4.78, 5) is 8.02. The van der Waals surface area contributed by atoms with Crippen molar-refractivity contribution in [3.63, 3.8) is 0 Å². The summed E-state index contributed by atoms with van der Waals surface area (Å²) in [5, 5.41) is 3.16. The normalized spacial score (nSPS) is 10.5. The first-order valence-electron chi connectivity index (χ1n) is 6.17. The number of anilines is 3. The summed E-state index contributed by atoms with van der Waals surface area (Å²) in [6, 6.07) is 2.49. The lowest BCUT2D eigenvalue weighted by molar-refractivity contribution is 0.307. The third-order valence-corrected chi connectivity index (χ3v) is 3.46. The van der Waals surface area contributed by atoms with Gasteiger partial charge in [-0.1, -0.05) is 18.5 Å². The molecule has 0 saturated heterocycles. The number of nitrogens with one attached hydrogen (secondary N) is 1. The van der Waals surface area contributed by atoms with E-state index in [9.17, 15) is 4.39 Å². The summed E-state index contributed by atoms with van der Waals surface area (Å²) < 4.78 is 19.1. The van der Waals surface area contributed by atoms with Crippen molar-refractivity contribution in [3.05, 3.63) is 33.8 Å². The van der Waals surface area contributed by atoms with Gasteiger partial charge in [0.05, 0.1) is 17.3 Å². The zero-order chi connectivity index (χ0) is 15.4. The summed E-state index contributed by atoms with van der Waals surface area (Å²) in [6.07, 6.45) is 2.16. The number of nitrogens with two attached hydrogens (primary N) is 1. The van der Waals surface area contributed by atoms with E-state index in [1.54, 1.807) is 0 Å². The van der Waals surface area contributed by atoms with Crippen molar-refractivity contribution in [1.82, 2.24) is 9.97 Å². The fraction of sp³-hybridized carbons (Fsp3) is 0.231. The second-order valence-corrected chi connectivity index (χ2v) is 5.42. The van der Waals surface area contributed by atoms with Crippen LogP contribution in [-0.4, -0.2) is 16.6 Å². The van der Waals surface area contributed by atoms with Gasteiger partial charge in [-0.05, 0) is 34.5 Å². The maximum atomic E-state index is 13.2. The highest BCUT2D eigenvalue weighted by atomic mass is 79.9. The second-order valence-electron chi connectivity index (χ2n) is 4.16. The van der Waals surface area contributed by atoms with Crippen LogP contribution in [0.4, 0.5) is 21.6 Å². The molecule has 1 aromatic carbocycles. The Bertz CT molecular complexity index is 633. The van der Waals surface area contributed by atoms with Crippen LogP contribution in [0.3, 0.4) is 0 Å². The van der Waals surface area contributed by atoms with Crippen LogP contribution >= 0.6 is 27.5 Å². The molecule has 0 aliphatic carbocycles. The zero-order valence-corrected chi connectivity index (χ0v) is 13.5. The quantitative estimate of drug-likeness (QED) is 0.821. The molecule has 1 heterocycles. The zero-order valence-electron chi connectivity index (χ0n) is 11.2. The Morgan fingerprint density at radius 3 is 2.86 bits per heavy atom. The van der Waals surface area contributed by atoms with Crippen molar-refractivity contribution < 1.29 is 9.13 Å². The number of hydrogen-bond acceptors (Lipinski definition) is 5. The summed E-state index contributed by atoms with van der Waals surface area (Å²) in [5.74, 6) is 0.189. The monoisotopic (exact) mass is 374 g/mol. The third kappa shape index (κ3) is 3.74. The molecule has 112 valence electrons. The molecule has 0 saturated carbocycles. The number of benzene rings is 1. The van der Waals surface area contributed by atoms with Crippen LogP contribution in [0.25, 0.3) is 0 Å². The van der Waals surface area contributed by atoms with E-state index in [0.717, 1.165) is 6.42 Å². The first kappa shape index (κ1) is 15.8. The van der Waals surface area contributed by atoms with Crippen LogP contribution in [0.5, 0.6) is 5.88 Å². The summed E-state index contributed by atoms with van der Waals surface area (Å²) >= 11 is 9.25. The van der Waals surface area contributed by atoms with Crippen molar-refractivity contribution in [2.75, 3.05) is 17.7 Å². The molecular weight excluding hydrogens is 363 g/mol. The number of aromatic nitrogens is 2. The molecule has 0 radical (unpaired) electrons. The van der Waals surface area contributed by atoms with E-state index in [4.69, 9.17) is 22.1 Å². The van der Waals surface area contributed by atoms with Gasteiger partial charge in [-0.15, -0.1) is 0 Å². The maximum Gasteiger partial charge on any atom is 0.242 e. The van der Waals surface area contributed by atoms with Gasteiger partial charge in [0.2, 0.25) is 5.88 Å². The van der Waals surface area contributed by atoms with Crippen molar-refractivity contribution in [2.24, 2.45) is 0 Å². The minimum absolute atomic E-state index is 0.205. The van der Waals surface area contributed by atoms with Crippen LogP contribution < -0.4 is 15.8 Å². The second kappa shape index (κ2) is 6.91. The minimum atomic E-state index is -0.444. The van der Waals surface area contributed by atoms with Crippen molar-refractivity contribution in [3.8, 4) is 5.88 Å².